The molecule has 0 radical (unpaired) electrons. The van der Waals surface area contributed by atoms with E-state index in [1.165, 1.54) is 0 Å². The second-order valence-electron chi connectivity index (χ2n) is 3.29. The van der Waals surface area contributed by atoms with Gasteiger partial charge in [0.05, 0.1) is 0 Å². The summed E-state index contributed by atoms with van der Waals surface area (Å²) in [5.74, 6) is 0.905. The van der Waals surface area contributed by atoms with E-state index in [2.05, 4.69) is 0 Å². The van der Waals surface area contributed by atoms with E-state index in [4.69, 9.17) is 10.5 Å². The summed E-state index contributed by atoms with van der Waals surface area (Å²) in [6.45, 7) is 2.61. The summed E-state index contributed by atoms with van der Waals surface area (Å²) in [6.07, 6.45) is 0. The molecular weight excluding hydrogens is 242 g/mol. The summed E-state index contributed by atoms with van der Waals surface area (Å²) >= 11 is 1.59. The van der Waals surface area contributed by atoms with Gasteiger partial charge in [0, 0.05) is 11.4 Å². The fraction of sp³-hybridized carbons (Fsp3) is 0.167. The van der Waals surface area contributed by atoms with Crippen LogP contribution >= 0.6 is 23.7 Å². The summed E-state index contributed by atoms with van der Waals surface area (Å²) in [4.78, 5) is 1.14. The Morgan fingerprint density at radius 2 is 1.94 bits per heavy atom. The topological polar surface area (TPSA) is 35.2 Å². The number of rotatable bonds is 3. The maximum Gasteiger partial charge on any atom is 0.181 e. The van der Waals surface area contributed by atoms with Gasteiger partial charge in [0.25, 0.3) is 0 Å². The van der Waals surface area contributed by atoms with Crippen molar-refractivity contribution in [1.29, 1.82) is 0 Å². The standard InChI is InChI=1S/C12H13NOS.ClH/c1-9-4-2-3-5-11(9)14-12-7-6-10(8-13)15-12;/h2-7H,8,13H2,1H3;1H. The first-order valence-electron chi connectivity index (χ1n) is 4.82. The zero-order chi connectivity index (χ0) is 10.7. The summed E-state index contributed by atoms with van der Waals surface area (Å²) in [5.41, 5.74) is 6.68. The van der Waals surface area contributed by atoms with Crippen LogP contribution in [0.1, 0.15) is 10.4 Å². The van der Waals surface area contributed by atoms with Crippen LogP contribution in [0.25, 0.3) is 0 Å². The smallest absolute Gasteiger partial charge is 0.181 e. The Labute approximate surface area is 105 Å². The molecule has 0 fully saturated rings. The number of aryl methyl sites for hydroxylation is 1. The van der Waals surface area contributed by atoms with Gasteiger partial charge in [-0.05, 0) is 30.7 Å². The third kappa shape index (κ3) is 2.98. The van der Waals surface area contributed by atoms with Gasteiger partial charge in [0.1, 0.15) is 5.75 Å². The summed E-state index contributed by atoms with van der Waals surface area (Å²) in [7, 11) is 0. The van der Waals surface area contributed by atoms with E-state index in [-0.39, 0.29) is 12.4 Å². The third-order valence-corrected chi connectivity index (χ3v) is 3.13. The minimum Gasteiger partial charge on any atom is -0.446 e. The Balaban J connectivity index is 0.00000128. The highest BCUT2D eigenvalue weighted by atomic mass is 35.5. The lowest BCUT2D eigenvalue weighted by molar-refractivity contribution is 0.492. The molecule has 0 bridgehead atoms. The molecule has 0 unspecified atom stereocenters. The number of para-hydroxylation sites is 1. The molecule has 0 saturated heterocycles. The Kier molecular flexibility index (Phi) is 4.80. The van der Waals surface area contributed by atoms with Gasteiger partial charge in [-0.2, -0.15) is 0 Å². The van der Waals surface area contributed by atoms with Crippen LogP contribution in [0.5, 0.6) is 10.8 Å². The molecule has 1 aromatic heterocycles. The summed E-state index contributed by atoms with van der Waals surface area (Å²) < 4.78 is 5.75. The first kappa shape index (κ1) is 13.0. The average Bonchev–Trinajstić information content (AvgIpc) is 2.69. The molecule has 4 heteroatoms. The van der Waals surface area contributed by atoms with Crippen molar-refractivity contribution in [3.8, 4) is 10.8 Å². The van der Waals surface area contributed by atoms with E-state index in [0.29, 0.717) is 6.54 Å². The Morgan fingerprint density at radius 3 is 2.56 bits per heavy atom. The number of hydrogen-bond acceptors (Lipinski definition) is 3. The second kappa shape index (κ2) is 5.89. The molecule has 2 aromatic rings. The molecule has 1 heterocycles. The molecule has 0 amide bonds. The van der Waals surface area contributed by atoms with Crippen LogP contribution in [-0.2, 0) is 6.54 Å². The van der Waals surface area contributed by atoms with Crippen LogP contribution in [0.3, 0.4) is 0 Å². The van der Waals surface area contributed by atoms with Crippen molar-refractivity contribution in [2.24, 2.45) is 5.73 Å². The predicted octanol–water partition coefficient (Wildman–Crippen LogP) is 3.73. The van der Waals surface area contributed by atoms with Gasteiger partial charge >= 0.3 is 0 Å². The van der Waals surface area contributed by atoms with Gasteiger partial charge in [0.2, 0.25) is 0 Å². The molecule has 0 spiro atoms. The number of hydrogen-bond donors (Lipinski definition) is 1. The number of ether oxygens (including phenoxy) is 1. The molecule has 86 valence electrons. The molecule has 0 aliphatic rings. The molecule has 1 aromatic carbocycles. The fourth-order valence-corrected chi connectivity index (χ4v) is 2.05. The van der Waals surface area contributed by atoms with E-state index in [9.17, 15) is 0 Å². The molecule has 2 nitrogen and oxygen atoms in total. The molecular formula is C12H14ClNOS. The quantitative estimate of drug-likeness (QED) is 0.907. The maximum absolute atomic E-state index is 5.75. The molecule has 16 heavy (non-hydrogen) atoms. The van der Waals surface area contributed by atoms with Crippen molar-refractivity contribution in [2.75, 3.05) is 0 Å². The normalized spacial score (nSPS) is 9.62. The maximum atomic E-state index is 5.75. The van der Waals surface area contributed by atoms with E-state index in [1.807, 2.05) is 43.3 Å². The minimum atomic E-state index is 0. The van der Waals surface area contributed by atoms with Gasteiger partial charge in [0.15, 0.2) is 5.06 Å². The van der Waals surface area contributed by atoms with Gasteiger partial charge in [-0.1, -0.05) is 18.2 Å². The van der Waals surface area contributed by atoms with Crippen LogP contribution in [0.15, 0.2) is 36.4 Å². The Bertz CT molecular complexity index is 456. The lowest BCUT2D eigenvalue weighted by atomic mass is 10.2. The van der Waals surface area contributed by atoms with Crippen molar-refractivity contribution in [3.63, 3.8) is 0 Å². The number of thiophene rings is 1. The largest absolute Gasteiger partial charge is 0.446 e. The molecule has 0 atom stereocenters. The summed E-state index contributed by atoms with van der Waals surface area (Å²) in [6, 6.07) is 11.9. The number of nitrogens with two attached hydrogens (primary N) is 1. The Hall–Kier alpha value is -1.03. The van der Waals surface area contributed by atoms with Crippen molar-refractivity contribution >= 4 is 23.7 Å². The number of halogens is 1. The Morgan fingerprint density at radius 1 is 1.19 bits per heavy atom. The van der Waals surface area contributed by atoms with Gasteiger partial charge in [-0.15, -0.1) is 23.7 Å². The molecule has 2 N–H and O–H groups in total. The highest BCUT2D eigenvalue weighted by molar-refractivity contribution is 7.13. The lowest BCUT2D eigenvalue weighted by Crippen LogP contribution is -1.91. The van der Waals surface area contributed by atoms with Gasteiger partial charge in [-0.25, -0.2) is 0 Å². The van der Waals surface area contributed by atoms with Crippen LogP contribution in [-0.4, -0.2) is 0 Å². The summed E-state index contributed by atoms with van der Waals surface area (Å²) in [5, 5.41) is 0.893. The predicted molar refractivity (Wildman–Crippen MR) is 70.7 cm³/mol. The van der Waals surface area contributed by atoms with Gasteiger partial charge < -0.3 is 10.5 Å². The lowest BCUT2D eigenvalue weighted by Gasteiger charge is -2.05. The van der Waals surface area contributed by atoms with Gasteiger partial charge in [-0.3, -0.25) is 0 Å². The zero-order valence-electron chi connectivity index (χ0n) is 8.97. The van der Waals surface area contributed by atoms with Crippen molar-refractivity contribution in [2.45, 2.75) is 13.5 Å². The van der Waals surface area contributed by atoms with Crippen LogP contribution < -0.4 is 10.5 Å². The fourth-order valence-electron chi connectivity index (χ4n) is 1.30. The molecule has 0 aliphatic carbocycles. The monoisotopic (exact) mass is 255 g/mol. The first-order valence-corrected chi connectivity index (χ1v) is 5.63. The van der Waals surface area contributed by atoms with E-state index >= 15 is 0 Å². The van der Waals surface area contributed by atoms with Crippen molar-refractivity contribution < 1.29 is 4.74 Å². The van der Waals surface area contributed by atoms with Crippen molar-refractivity contribution in [1.82, 2.24) is 0 Å². The van der Waals surface area contributed by atoms with E-state index in [0.717, 1.165) is 21.3 Å². The zero-order valence-corrected chi connectivity index (χ0v) is 10.6. The number of benzene rings is 1. The molecule has 2 rings (SSSR count). The average molecular weight is 256 g/mol. The minimum absolute atomic E-state index is 0. The highest BCUT2D eigenvalue weighted by Gasteiger charge is 2.02. The van der Waals surface area contributed by atoms with Crippen LogP contribution in [0.2, 0.25) is 0 Å². The third-order valence-electron chi connectivity index (χ3n) is 2.14. The molecule has 0 aliphatic heterocycles. The van der Waals surface area contributed by atoms with Crippen molar-refractivity contribution in [3.05, 3.63) is 46.8 Å². The highest BCUT2D eigenvalue weighted by Crippen LogP contribution is 2.30. The van der Waals surface area contributed by atoms with E-state index < -0.39 is 0 Å². The first-order chi connectivity index (χ1) is 7.29. The van der Waals surface area contributed by atoms with Crippen LogP contribution in [0.4, 0.5) is 0 Å². The van der Waals surface area contributed by atoms with Crippen LogP contribution in [0, 0.1) is 6.92 Å². The SMILES string of the molecule is Cc1ccccc1Oc1ccc(CN)s1.Cl. The second-order valence-corrected chi connectivity index (χ2v) is 4.42. The van der Waals surface area contributed by atoms with E-state index in [1.54, 1.807) is 11.3 Å². The molecule has 0 saturated carbocycles.